The summed E-state index contributed by atoms with van der Waals surface area (Å²) in [7, 11) is 3.89. The molecule has 40 heavy (non-hydrogen) atoms. The van der Waals surface area contributed by atoms with E-state index in [1.54, 1.807) is 24.0 Å². The third-order valence-corrected chi connectivity index (χ3v) is 6.73. The van der Waals surface area contributed by atoms with Crippen molar-refractivity contribution in [2.45, 2.75) is 66.7 Å². The number of anilines is 2. The van der Waals surface area contributed by atoms with E-state index in [2.05, 4.69) is 76.3 Å². The number of pyridine rings is 1. The minimum Gasteiger partial charge on any atom is -0.375 e. The summed E-state index contributed by atoms with van der Waals surface area (Å²) in [5.41, 5.74) is 3.67. The van der Waals surface area contributed by atoms with Crippen molar-refractivity contribution < 1.29 is 6.22 Å². The maximum Gasteiger partial charge on any atom is 0.275 e. The van der Waals surface area contributed by atoms with E-state index < -0.39 is 0 Å². The van der Waals surface area contributed by atoms with Crippen LogP contribution in [-0.4, -0.2) is 54.7 Å². The molecule has 4 aromatic heterocycles. The Kier molecular flexibility index (Phi) is 12.2. The Hall–Kier alpha value is -3.86. The molecular weight excluding hydrogens is 522 g/mol. The summed E-state index contributed by atoms with van der Waals surface area (Å²) >= 11 is 1.36. The molecule has 0 aliphatic heterocycles. The highest BCUT2D eigenvalue weighted by Gasteiger charge is 2.26. The standard InChI is InChI=1S/C19H19N9OS.C6H14.C2H6.C2H4.H2/c1-27(2)15-6-20-12(5-14(15)28-7-13(22-10-28)11-3-4-11)18(29)24-16-8-30-19(25-16)17-21-9-23-26-17;1-5-6(2,3)4;2*1-2;/h5-11H,3-4H2,1-2H3,(H,24,29)(H,21,23,26);5H2,1-4H3;1-2H3;1-2H2;1H. The van der Waals surface area contributed by atoms with Crippen molar-refractivity contribution in [3.63, 3.8) is 0 Å². The van der Waals surface area contributed by atoms with Crippen molar-refractivity contribution in [1.82, 2.24) is 34.7 Å². The molecule has 1 fully saturated rings. The zero-order valence-electron chi connectivity index (χ0n) is 25.0. The van der Waals surface area contributed by atoms with Crippen LogP contribution in [0.25, 0.3) is 16.5 Å². The number of thiazole rings is 1. The third kappa shape index (κ3) is 9.11. The molecule has 0 bridgehead atoms. The number of amides is 1. The van der Waals surface area contributed by atoms with Crippen LogP contribution in [-0.2, 0) is 0 Å². The lowest BCUT2D eigenvalue weighted by molar-refractivity contribution is 0.102. The summed E-state index contributed by atoms with van der Waals surface area (Å²) in [6.45, 7) is 18.9. The average molecular weight is 568 g/mol. The summed E-state index contributed by atoms with van der Waals surface area (Å²) in [5, 5.41) is 11.8. The van der Waals surface area contributed by atoms with E-state index in [-0.39, 0.29) is 7.33 Å². The predicted octanol–water partition coefficient (Wildman–Crippen LogP) is 7.22. The van der Waals surface area contributed by atoms with Crippen LogP contribution in [0, 0.1) is 5.41 Å². The lowest BCUT2D eigenvalue weighted by atomic mass is 9.94. The van der Waals surface area contributed by atoms with Crippen molar-refractivity contribution in [1.29, 1.82) is 0 Å². The molecule has 10 nitrogen and oxygen atoms in total. The van der Waals surface area contributed by atoms with E-state index in [9.17, 15) is 4.79 Å². The molecule has 4 aromatic rings. The van der Waals surface area contributed by atoms with Crippen molar-refractivity contribution in [2.24, 2.45) is 5.41 Å². The molecule has 0 atom stereocenters. The van der Waals surface area contributed by atoms with Gasteiger partial charge in [0.1, 0.15) is 17.8 Å². The number of H-pyrrole nitrogens is 1. The fourth-order valence-corrected chi connectivity index (χ4v) is 3.80. The number of nitrogens with zero attached hydrogens (tertiary/aromatic N) is 7. The first-order valence-electron chi connectivity index (χ1n) is 13.5. The van der Waals surface area contributed by atoms with Gasteiger partial charge in [-0.1, -0.05) is 48.0 Å². The Morgan fingerprint density at radius 2 is 1.90 bits per heavy atom. The summed E-state index contributed by atoms with van der Waals surface area (Å²) in [5.74, 6) is 1.22. The Balaban J connectivity index is 0.000000673. The smallest absolute Gasteiger partial charge is 0.275 e. The molecule has 4 heterocycles. The topological polar surface area (TPSA) is 118 Å². The second kappa shape index (κ2) is 15.1. The van der Waals surface area contributed by atoms with Gasteiger partial charge in [0.15, 0.2) is 10.8 Å². The first-order chi connectivity index (χ1) is 19.1. The van der Waals surface area contributed by atoms with Gasteiger partial charge in [0.05, 0.1) is 29.6 Å². The van der Waals surface area contributed by atoms with Crippen LogP contribution in [0.5, 0.6) is 0 Å². The number of imidazole rings is 1. The van der Waals surface area contributed by atoms with E-state index in [1.807, 2.05) is 43.6 Å². The van der Waals surface area contributed by atoms with Crippen molar-refractivity contribution in [2.75, 3.05) is 24.3 Å². The molecule has 5 rings (SSSR count). The van der Waals surface area contributed by atoms with Crippen LogP contribution in [0.4, 0.5) is 11.5 Å². The summed E-state index contributed by atoms with van der Waals surface area (Å²) < 4.78 is 1.95. The van der Waals surface area contributed by atoms with Gasteiger partial charge < -0.3 is 14.8 Å². The Morgan fingerprint density at radius 1 is 1.23 bits per heavy atom. The monoisotopic (exact) mass is 567 g/mol. The van der Waals surface area contributed by atoms with Crippen LogP contribution in [0.1, 0.15) is 84.3 Å². The predicted molar refractivity (Wildman–Crippen MR) is 168 cm³/mol. The number of hydrogen-bond donors (Lipinski definition) is 2. The molecule has 11 heteroatoms. The van der Waals surface area contributed by atoms with E-state index in [4.69, 9.17) is 0 Å². The summed E-state index contributed by atoms with van der Waals surface area (Å²) in [4.78, 5) is 32.1. The zero-order chi connectivity index (χ0) is 29.9. The molecule has 1 aliphatic rings. The molecule has 0 saturated heterocycles. The molecule has 0 spiro atoms. The van der Waals surface area contributed by atoms with Crippen molar-refractivity contribution in [3.8, 4) is 16.5 Å². The van der Waals surface area contributed by atoms with Crippen LogP contribution < -0.4 is 10.2 Å². The molecule has 1 aliphatic carbocycles. The number of aromatic nitrogens is 7. The second-order valence-electron chi connectivity index (χ2n) is 10.2. The molecule has 1 amide bonds. The lowest BCUT2D eigenvalue weighted by Crippen LogP contribution is -2.17. The minimum absolute atomic E-state index is 0. The van der Waals surface area contributed by atoms with Gasteiger partial charge in [0, 0.05) is 33.0 Å². The first kappa shape index (κ1) is 32.4. The highest BCUT2D eigenvalue weighted by atomic mass is 32.1. The van der Waals surface area contributed by atoms with E-state index >= 15 is 0 Å². The molecule has 0 aromatic carbocycles. The van der Waals surface area contributed by atoms with Crippen LogP contribution in [0.2, 0.25) is 0 Å². The number of nitrogens with one attached hydrogen (secondary N) is 2. The second-order valence-corrected chi connectivity index (χ2v) is 11.0. The normalized spacial score (nSPS) is 12.1. The van der Waals surface area contributed by atoms with E-state index in [1.165, 1.54) is 36.9 Å². The fourth-order valence-electron chi connectivity index (χ4n) is 3.10. The van der Waals surface area contributed by atoms with Crippen molar-refractivity contribution >= 4 is 28.7 Å². The number of carbonyl (C=O) groups excluding carboxylic acids is 1. The van der Waals surface area contributed by atoms with Crippen molar-refractivity contribution in [3.05, 3.63) is 61.0 Å². The Bertz CT molecular complexity index is 1320. The highest BCUT2D eigenvalue weighted by Crippen LogP contribution is 2.39. The average Bonchev–Trinajstić information content (AvgIpc) is 3.34. The highest BCUT2D eigenvalue weighted by molar-refractivity contribution is 7.13. The van der Waals surface area contributed by atoms with E-state index in [0.29, 0.717) is 33.7 Å². The van der Waals surface area contributed by atoms with Crippen LogP contribution in [0.15, 0.2) is 49.7 Å². The lowest BCUT2D eigenvalue weighted by Gasteiger charge is -2.18. The molecule has 0 unspecified atom stereocenters. The van der Waals surface area contributed by atoms with E-state index in [0.717, 1.165) is 17.1 Å². The Labute approximate surface area is 243 Å². The minimum atomic E-state index is -0.335. The van der Waals surface area contributed by atoms with Gasteiger partial charge in [-0.25, -0.2) is 19.9 Å². The SMILES string of the molecule is C=C.CC.CCC(C)(C)C.CN(C)c1cnc(C(=O)Nc2csc(-c3ncn[nH]3)n2)cc1-n1cnc(C2CC2)c1.[HH]. The van der Waals surface area contributed by atoms with Gasteiger partial charge in [-0.3, -0.25) is 9.89 Å². The van der Waals surface area contributed by atoms with Crippen LogP contribution in [0.3, 0.4) is 0 Å². The van der Waals surface area contributed by atoms with Gasteiger partial charge in [-0.2, -0.15) is 5.10 Å². The third-order valence-electron chi connectivity index (χ3n) is 5.88. The van der Waals surface area contributed by atoms with Gasteiger partial charge in [-0.05, 0) is 24.3 Å². The molecule has 218 valence electrons. The molecule has 1 saturated carbocycles. The van der Waals surface area contributed by atoms with Gasteiger partial charge >= 0.3 is 0 Å². The van der Waals surface area contributed by atoms with Gasteiger partial charge in [0.25, 0.3) is 5.91 Å². The Morgan fingerprint density at radius 3 is 2.45 bits per heavy atom. The summed E-state index contributed by atoms with van der Waals surface area (Å²) in [6.07, 6.45) is 10.6. The van der Waals surface area contributed by atoms with Gasteiger partial charge in [0.2, 0.25) is 0 Å². The number of aromatic amines is 1. The number of hydrogen-bond acceptors (Lipinski definition) is 8. The molecular formula is C29H45N9OS. The number of carbonyl (C=O) groups is 1. The maximum atomic E-state index is 12.8. The largest absolute Gasteiger partial charge is 0.375 e. The quantitative estimate of drug-likeness (QED) is 0.236. The maximum absolute atomic E-state index is 12.8. The fraction of sp³-hybridized carbons (Fsp3) is 0.448. The molecule has 2 N–H and O–H groups in total. The number of rotatable bonds is 6. The summed E-state index contributed by atoms with van der Waals surface area (Å²) in [6, 6.07) is 1.77. The molecule has 0 radical (unpaired) electrons. The first-order valence-corrected chi connectivity index (χ1v) is 14.4. The zero-order valence-corrected chi connectivity index (χ0v) is 25.8. The van der Waals surface area contributed by atoms with Gasteiger partial charge in [-0.15, -0.1) is 24.5 Å². The van der Waals surface area contributed by atoms with Crippen LogP contribution >= 0.6 is 11.3 Å².